The van der Waals surface area contributed by atoms with Crippen LogP contribution in [0.5, 0.6) is 5.75 Å². The van der Waals surface area contributed by atoms with Crippen LogP contribution in [0.25, 0.3) is 0 Å². The highest BCUT2D eigenvalue weighted by atomic mass is 35.5. The van der Waals surface area contributed by atoms with Gasteiger partial charge in [-0.2, -0.15) is 0 Å². The Balaban J connectivity index is 2.34. The first-order valence-corrected chi connectivity index (χ1v) is 7.02. The Kier molecular flexibility index (Phi) is 5.27. The summed E-state index contributed by atoms with van der Waals surface area (Å²) in [7, 11) is 0. The van der Waals surface area contributed by atoms with Gasteiger partial charge < -0.3 is 4.74 Å². The van der Waals surface area contributed by atoms with E-state index in [1.165, 1.54) is 0 Å². The number of hydrogen-bond acceptors (Lipinski definition) is 2. The van der Waals surface area contributed by atoms with Gasteiger partial charge >= 0.3 is 0 Å². The van der Waals surface area contributed by atoms with Crippen molar-refractivity contribution < 1.29 is 4.74 Å². The molecule has 0 fully saturated rings. The summed E-state index contributed by atoms with van der Waals surface area (Å²) in [5.41, 5.74) is 2.48. The summed E-state index contributed by atoms with van der Waals surface area (Å²) in [4.78, 5) is 4.45. The Hall–Kier alpha value is -1.95. The van der Waals surface area contributed by atoms with Crippen LogP contribution in [0, 0.1) is 19.3 Å². The van der Waals surface area contributed by atoms with Crippen molar-refractivity contribution in [2.24, 2.45) is 4.99 Å². The van der Waals surface area contributed by atoms with Crippen molar-refractivity contribution in [2.45, 2.75) is 6.92 Å². The minimum absolute atomic E-state index is 0.193. The molecule has 0 aliphatic rings. The molecule has 2 rings (SSSR count). The second kappa shape index (κ2) is 7.17. The molecule has 0 N–H and O–H groups in total. The fraction of sp³-hybridized carbons (Fsp3) is 0.118. The molecule has 2 nitrogen and oxygen atoms in total. The first-order chi connectivity index (χ1) is 10.1. The maximum Gasteiger partial charge on any atom is 0.148 e. The van der Waals surface area contributed by atoms with Crippen LogP contribution >= 0.6 is 23.2 Å². The zero-order chi connectivity index (χ0) is 15.2. The summed E-state index contributed by atoms with van der Waals surface area (Å²) in [5, 5.41) is 1.28. The lowest BCUT2D eigenvalue weighted by molar-refractivity contribution is 0.370. The van der Waals surface area contributed by atoms with Crippen LogP contribution in [0.4, 0.5) is 5.69 Å². The van der Waals surface area contributed by atoms with Crippen LogP contribution in [0.2, 0.25) is 10.0 Å². The topological polar surface area (TPSA) is 21.6 Å². The Bertz CT molecular complexity index is 717. The lowest BCUT2D eigenvalue weighted by Gasteiger charge is -2.07. The van der Waals surface area contributed by atoms with E-state index in [4.69, 9.17) is 34.4 Å². The molecular weight excluding hydrogens is 305 g/mol. The van der Waals surface area contributed by atoms with Crippen molar-refractivity contribution in [3.8, 4) is 18.1 Å². The third-order valence-corrected chi connectivity index (χ3v) is 3.51. The van der Waals surface area contributed by atoms with Crippen LogP contribution in [0.15, 0.2) is 41.4 Å². The molecular formula is C17H13Cl2NO. The normalized spacial score (nSPS) is 10.6. The summed E-state index contributed by atoms with van der Waals surface area (Å²) >= 11 is 12.1. The first kappa shape index (κ1) is 15.4. The summed E-state index contributed by atoms with van der Waals surface area (Å²) in [6.07, 6.45) is 6.90. The smallest absolute Gasteiger partial charge is 0.148 e. The molecule has 0 aliphatic carbocycles. The average molecular weight is 318 g/mol. The Morgan fingerprint density at radius 3 is 2.86 bits per heavy atom. The lowest BCUT2D eigenvalue weighted by atomic mass is 10.2. The number of aliphatic imine (C=N–C) groups is 1. The predicted molar refractivity (Wildman–Crippen MR) is 89.2 cm³/mol. The van der Waals surface area contributed by atoms with Gasteiger partial charge in [-0.15, -0.1) is 6.42 Å². The van der Waals surface area contributed by atoms with E-state index in [1.54, 1.807) is 24.4 Å². The molecule has 0 aromatic heterocycles. The number of halogens is 2. The van der Waals surface area contributed by atoms with Gasteiger partial charge in [0.05, 0.1) is 5.69 Å². The highest BCUT2D eigenvalue weighted by molar-refractivity contribution is 6.31. The van der Waals surface area contributed by atoms with E-state index < -0.39 is 0 Å². The van der Waals surface area contributed by atoms with Gasteiger partial charge in [0.25, 0.3) is 0 Å². The van der Waals surface area contributed by atoms with Crippen molar-refractivity contribution >= 4 is 35.1 Å². The van der Waals surface area contributed by atoms with Gasteiger partial charge in [-0.25, -0.2) is 0 Å². The van der Waals surface area contributed by atoms with Gasteiger partial charge in [-0.3, -0.25) is 4.99 Å². The monoisotopic (exact) mass is 317 g/mol. The number of terminal acetylenes is 1. The molecule has 0 bridgehead atoms. The third kappa shape index (κ3) is 4.01. The second-order valence-electron chi connectivity index (χ2n) is 4.32. The Morgan fingerprint density at radius 2 is 2.10 bits per heavy atom. The largest absolute Gasteiger partial charge is 0.480 e. The van der Waals surface area contributed by atoms with Gasteiger partial charge in [0.1, 0.15) is 12.4 Å². The van der Waals surface area contributed by atoms with E-state index in [0.29, 0.717) is 15.8 Å². The lowest BCUT2D eigenvalue weighted by Crippen LogP contribution is -1.97. The van der Waals surface area contributed by atoms with Crippen LogP contribution < -0.4 is 4.74 Å². The highest BCUT2D eigenvalue weighted by Gasteiger charge is 2.04. The number of benzene rings is 2. The molecule has 21 heavy (non-hydrogen) atoms. The maximum atomic E-state index is 6.08. The van der Waals surface area contributed by atoms with Crippen molar-refractivity contribution in [1.29, 1.82) is 0 Å². The molecule has 0 unspecified atom stereocenters. The van der Waals surface area contributed by atoms with Crippen molar-refractivity contribution in [3.63, 3.8) is 0 Å². The standard InChI is InChI=1S/C17H13Cl2NO/c1-3-9-21-17-8-7-14(18)10-13(17)11-20-16-6-4-5-15(19)12(16)2/h1,4-8,10-11H,9H2,2H3. The summed E-state index contributed by atoms with van der Waals surface area (Å²) < 4.78 is 5.47. The van der Waals surface area contributed by atoms with Gasteiger partial charge in [0.15, 0.2) is 0 Å². The molecule has 0 spiro atoms. The molecule has 0 saturated heterocycles. The van der Waals surface area contributed by atoms with Gasteiger partial charge in [-0.05, 0) is 42.8 Å². The molecule has 106 valence electrons. The minimum atomic E-state index is 0.193. The fourth-order valence-corrected chi connectivity index (χ4v) is 2.10. The van der Waals surface area contributed by atoms with Crippen molar-refractivity contribution in [3.05, 3.63) is 57.6 Å². The zero-order valence-corrected chi connectivity index (χ0v) is 12.9. The summed E-state index contributed by atoms with van der Waals surface area (Å²) in [5.74, 6) is 3.07. The fourth-order valence-electron chi connectivity index (χ4n) is 1.75. The molecule has 0 heterocycles. The quantitative estimate of drug-likeness (QED) is 0.570. The summed E-state index contributed by atoms with van der Waals surface area (Å²) in [6, 6.07) is 10.9. The van der Waals surface area contributed by atoms with Gasteiger partial charge in [-0.1, -0.05) is 35.2 Å². The Labute approximate surface area is 134 Å². The van der Waals surface area contributed by atoms with Crippen molar-refractivity contribution in [1.82, 2.24) is 0 Å². The second-order valence-corrected chi connectivity index (χ2v) is 5.16. The van der Waals surface area contributed by atoms with E-state index in [2.05, 4.69) is 10.9 Å². The third-order valence-electron chi connectivity index (χ3n) is 2.86. The van der Waals surface area contributed by atoms with E-state index in [0.717, 1.165) is 16.8 Å². The Morgan fingerprint density at radius 1 is 1.29 bits per heavy atom. The van der Waals surface area contributed by atoms with E-state index in [-0.39, 0.29) is 6.61 Å². The zero-order valence-electron chi connectivity index (χ0n) is 11.4. The van der Waals surface area contributed by atoms with Gasteiger partial charge in [0.2, 0.25) is 0 Å². The molecule has 0 saturated carbocycles. The molecule has 2 aromatic rings. The first-order valence-electron chi connectivity index (χ1n) is 6.27. The predicted octanol–water partition coefficient (Wildman–Crippen LogP) is 5.06. The molecule has 0 aliphatic heterocycles. The van der Waals surface area contributed by atoms with Crippen LogP contribution in [0.1, 0.15) is 11.1 Å². The maximum absolute atomic E-state index is 6.08. The van der Waals surface area contributed by atoms with Crippen LogP contribution in [-0.4, -0.2) is 12.8 Å². The minimum Gasteiger partial charge on any atom is -0.480 e. The van der Waals surface area contributed by atoms with E-state index >= 15 is 0 Å². The average Bonchev–Trinajstić information content (AvgIpc) is 2.48. The molecule has 4 heteroatoms. The molecule has 0 amide bonds. The highest BCUT2D eigenvalue weighted by Crippen LogP contribution is 2.27. The van der Waals surface area contributed by atoms with Crippen LogP contribution in [-0.2, 0) is 0 Å². The van der Waals surface area contributed by atoms with Crippen molar-refractivity contribution in [2.75, 3.05) is 6.61 Å². The van der Waals surface area contributed by atoms with Gasteiger partial charge in [0, 0.05) is 21.8 Å². The summed E-state index contributed by atoms with van der Waals surface area (Å²) in [6.45, 7) is 2.11. The SMILES string of the molecule is C#CCOc1ccc(Cl)cc1C=Nc1cccc(Cl)c1C. The molecule has 0 atom stereocenters. The van der Waals surface area contributed by atoms with E-state index in [9.17, 15) is 0 Å². The van der Waals surface area contributed by atoms with E-state index in [1.807, 2.05) is 25.1 Å². The van der Waals surface area contributed by atoms with Crippen LogP contribution in [0.3, 0.4) is 0 Å². The number of ether oxygens (including phenoxy) is 1. The molecule has 0 radical (unpaired) electrons. The number of rotatable bonds is 4. The molecule has 2 aromatic carbocycles. The number of hydrogen-bond donors (Lipinski definition) is 0. The number of nitrogens with zero attached hydrogens (tertiary/aromatic N) is 1.